The number of hydrogen-bond acceptors (Lipinski definition) is 2. The number of carbonyl (C=O) groups is 2. The van der Waals surface area contributed by atoms with Gasteiger partial charge in [-0.2, -0.15) is 0 Å². The maximum Gasteiger partial charge on any atom is 0.243 e. The van der Waals surface area contributed by atoms with Crippen molar-refractivity contribution < 1.29 is 14.0 Å². The maximum atomic E-state index is 12.8. The Morgan fingerprint density at radius 2 is 2.00 bits per heavy atom. The molecule has 0 fully saturated rings. The van der Waals surface area contributed by atoms with Crippen molar-refractivity contribution in [1.82, 2.24) is 10.2 Å². The van der Waals surface area contributed by atoms with E-state index in [-0.39, 0.29) is 37.3 Å². The molecule has 106 valence electrons. The number of rotatable bonds is 6. The highest BCUT2D eigenvalue weighted by atomic mass is 19.1. The lowest BCUT2D eigenvalue weighted by Crippen LogP contribution is -2.39. The maximum absolute atomic E-state index is 12.8. The molecule has 0 aliphatic rings. The Balaban J connectivity index is 2.63. The number of amides is 2. The van der Waals surface area contributed by atoms with Gasteiger partial charge in [0.2, 0.25) is 11.8 Å². The molecule has 0 bridgehead atoms. The zero-order valence-electron chi connectivity index (χ0n) is 11.4. The van der Waals surface area contributed by atoms with Crippen LogP contribution in [0.1, 0.15) is 18.9 Å². The van der Waals surface area contributed by atoms with Gasteiger partial charge >= 0.3 is 0 Å². The van der Waals surface area contributed by atoms with Crippen molar-refractivity contribution in [3.05, 3.63) is 35.6 Å². The molecule has 0 unspecified atom stereocenters. The summed E-state index contributed by atoms with van der Waals surface area (Å²) >= 11 is 0. The number of benzene rings is 1. The van der Waals surface area contributed by atoms with Crippen LogP contribution in [0.3, 0.4) is 0 Å². The van der Waals surface area contributed by atoms with Gasteiger partial charge in [-0.05, 0) is 17.7 Å². The number of halogens is 1. The van der Waals surface area contributed by atoms with Gasteiger partial charge in [-0.1, -0.05) is 25.0 Å². The molecular formula is C15H17FN2O2. The van der Waals surface area contributed by atoms with E-state index in [0.717, 1.165) is 5.56 Å². The molecule has 0 saturated carbocycles. The van der Waals surface area contributed by atoms with Gasteiger partial charge in [0.1, 0.15) is 5.82 Å². The van der Waals surface area contributed by atoms with Gasteiger partial charge in [0, 0.05) is 13.0 Å². The van der Waals surface area contributed by atoms with Crippen LogP contribution in [0.5, 0.6) is 0 Å². The molecule has 5 heteroatoms. The monoisotopic (exact) mass is 276 g/mol. The molecule has 4 nitrogen and oxygen atoms in total. The summed E-state index contributed by atoms with van der Waals surface area (Å²) in [6, 6.07) is 5.84. The van der Waals surface area contributed by atoms with Crippen molar-refractivity contribution in [1.29, 1.82) is 0 Å². The van der Waals surface area contributed by atoms with Crippen molar-refractivity contribution in [2.24, 2.45) is 0 Å². The molecule has 0 aliphatic carbocycles. The van der Waals surface area contributed by atoms with Gasteiger partial charge in [-0.15, -0.1) is 6.42 Å². The fraction of sp³-hybridized carbons (Fsp3) is 0.333. The SMILES string of the molecule is C#CCN(Cc1ccc(F)cc1)C(=O)CNC(=O)CC. The predicted octanol–water partition coefficient (Wildman–Crippen LogP) is 1.31. The Morgan fingerprint density at radius 3 is 2.55 bits per heavy atom. The van der Waals surface area contributed by atoms with E-state index in [1.807, 2.05) is 0 Å². The standard InChI is InChI=1S/C15H17FN2O2/c1-3-9-18(15(20)10-17-14(19)4-2)11-12-5-7-13(16)8-6-12/h1,5-8H,4,9-11H2,2H3,(H,17,19). The Kier molecular flexibility index (Phi) is 6.24. The Labute approximate surface area is 118 Å². The summed E-state index contributed by atoms with van der Waals surface area (Å²) in [5.41, 5.74) is 0.775. The lowest BCUT2D eigenvalue weighted by Gasteiger charge is -2.20. The third-order valence-corrected chi connectivity index (χ3v) is 2.68. The second-order valence-electron chi connectivity index (χ2n) is 4.21. The van der Waals surface area contributed by atoms with Crippen LogP contribution in [-0.4, -0.2) is 29.8 Å². The van der Waals surface area contributed by atoms with Crippen molar-refractivity contribution in [2.45, 2.75) is 19.9 Å². The highest BCUT2D eigenvalue weighted by molar-refractivity contribution is 5.84. The first-order valence-corrected chi connectivity index (χ1v) is 6.29. The van der Waals surface area contributed by atoms with E-state index in [1.54, 1.807) is 19.1 Å². The van der Waals surface area contributed by atoms with Crippen LogP contribution in [0.25, 0.3) is 0 Å². The van der Waals surface area contributed by atoms with Gasteiger partial charge in [0.05, 0.1) is 13.1 Å². The molecule has 0 atom stereocenters. The predicted molar refractivity (Wildman–Crippen MR) is 74.0 cm³/mol. The number of nitrogens with one attached hydrogen (secondary N) is 1. The Hall–Kier alpha value is -2.35. The summed E-state index contributed by atoms with van der Waals surface area (Å²) in [4.78, 5) is 24.5. The lowest BCUT2D eigenvalue weighted by atomic mass is 10.2. The van der Waals surface area contributed by atoms with E-state index in [4.69, 9.17) is 6.42 Å². The van der Waals surface area contributed by atoms with E-state index in [2.05, 4.69) is 11.2 Å². The molecule has 0 saturated heterocycles. The summed E-state index contributed by atoms with van der Waals surface area (Å²) in [7, 11) is 0. The number of hydrogen-bond donors (Lipinski definition) is 1. The number of nitrogens with zero attached hydrogens (tertiary/aromatic N) is 1. The lowest BCUT2D eigenvalue weighted by molar-refractivity contribution is -0.132. The van der Waals surface area contributed by atoms with Gasteiger partial charge < -0.3 is 10.2 Å². The molecule has 0 radical (unpaired) electrons. The first-order valence-electron chi connectivity index (χ1n) is 6.29. The fourth-order valence-corrected chi connectivity index (χ4v) is 1.56. The van der Waals surface area contributed by atoms with Crippen LogP contribution in [0.4, 0.5) is 4.39 Å². The summed E-state index contributed by atoms with van der Waals surface area (Å²) in [5.74, 6) is 1.60. The van der Waals surface area contributed by atoms with Crippen LogP contribution in [-0.2, 0) is 16.1 Å². The van der Waals surface area contributed by atoms with Crippen LogP contribution in [0, 0.1) is 18.2 Å². The molecule has 0 heterocycles. The van der Waals surface area contributed by atoms with Gasteiger partial charge in [-0.25, -0.2) is 4.39 Å². The summed E-state index contributed by atoms with van der Waals surface area (Å²) in [6.45, 7) is 2.04. The summed E-state index contributed by atoms with van der Waals surface area (Å²) in [5, 5.41) is 2.51. The minimum absolute atomic E-state index is 0.0877. The molecular weight excluding hydrogens is 259 g/mol. The smallest absolute Gasteiger partial charge is 0.243 e. The van der Waals surface area contributed by atoms with E-state index < -0.39 is 0 Å². The summed E-state index contributed by atoms with van der Waals surface area (Å²) in [6.07, 6.45) is 5.56. The molecule has 0 spiro atoms. The quantitative estimate of drug-likeness (QED) is 0.797. The van der Waals surface area contributed by atoms with E-state index in [0.29, 0.717) is 6.42 Å². The zero-order valence-corrected chi connectivity index (χ0v) is 11.4. The highest BCUT2D eigenvalue weighted by Gasteiger charge is 2.13. The second-order valence-corrected chi connectivity index (χ2v) is 4.21. The second kappa shape index (κ2) is 7.95. The third-order valence-electron chi connectivity index (χ3n) is 2.68. The largest absolute Gasteiger partial charge is 0.347 e. The van der Waals surface area contributed by atoms with Crippen molar-refractivity contribution >= 4 is 11.8 Å². The third kappa shape index (κ3) is 5.11. The van der Waals surface area contributed by atoms with Crippen LogP contribution in [0.15, 0.2) is 24.3 Å². The normalized spacial score (nSPS) is 9.65. The van der Waals surface area contributed by atoms with Crippen molar-refractivity contribution in [2.75, 3.05) is 13.1 Å². The van der Waals surface area contributed by atoms with E-state index >= 15 is 0 Å². The molecule has 1 rings (SSSR count). The van der Waals surface area contributed by atoms with Crippen molar-refractivity contribution in [3.63, 3.8) is 0 Å². The average molecular weight is 276 g/mol. The number of terminal acetylenes is 1. The number of carbonyl (C=O) groups excluding carboxylic acids is 2. The molecule has 0 aromatic heterocycles. The zero-order chi connectivity index (χ0) is 15.0. The minimum atomic E-state index is -0.334. The average Bonchev–Trinajstić information content (AvgIpc) is 2.46. The Morgan fingerprint density at radius 1 is 1.35 bits per heavy atom. The molecule has 1 N–H and O–H groups in total. The van der Waals surface area contributed by atoms with E-state index in [9.17, 15) is 14.0 Å². The van der Waals surface area contributed by atoms with Crippen LogP contribution in [0.2, 0.25) is 0 Å². The molecule has 20 heavy (non-hydrogen) atoms. The molecule has 1 aromatic carbocycles. The first-order chi connectivity index (χ1) is 9.56. The first kappa shape index (κ1) is 15.7. The molecule has 1 aromatic rings. The summed E-state index contributed by atoms with van der Waals surface area (Å²) < 4.78 is 12.8. The van der Waals surface area contributed by atoms with Gasteiger partial charge in [0.25, 0.3) is 0 Å². The van der Waals surface area contributed by atoms with Crippen molar-refractivity contribution in [3.8, 4) is 12.3 Å². The molecule has 0 aliphatic heterocycles. The van der Waals surface area contributed by atoms with Crippen LogP contribution < -0.4 is 5.32 Å². The molecule has 2 amide bonds. The Bertz CT molecular complexity index is 506. The van der Waals surface area contributed by atoms with Crippen LogP contribution >= 0.6 is 0 Å². The highest BCUT2D eigenvalue weighted by Crippen LogP contribution is 2.06. The van der Waals surface area contributed by atoms with E-state index in [1.165, 1.54) is 17.0 Å². The fourth-order valence-electron chi connectivity index (χ4n) is 1.56. The topological polar surface area (TPSA) is 49.4 Å². The van der Waals surface area contributed by atoms with Gasteiger partial charge in [-0.3, -0.25) is 9.59 Å². The van der Waals surface area contributed by atoms with Gasteiger partial charge in [0.15, 0.2) is 0 Å². The minimum Gasteiger partial charge on any atom is -0.347 e.